The number of rotatable bonds is 7. The maximum absolute atomic E-state index is 7.54. The summed E-state index contributed by atoms with van der Waals surface area (Å²) in [6.07, 6.45) is 0. The fraction of sp³-hybridized carbons (Fsp3) is 0. The molecule has 0 saturated carbocycles. The Morgan fingerprint density at radius 2 is 0.353 bits per heavy atom. The first-order chi connectivity index (χ1) is 67.4. The summed E-state index contributed by atoms with van der Waals surface area (Å²) < 4.78 is 57.7. The van der Waals surface area contributed by atoms with Gasteiger partial charge in [-0.2, -0.15) is 0 Å². The van der Waals surface area contributed by atoms with E-state index >= 15 is 0 Å². The van der Waals surface area contributed by atoms with Crippen LogP contribution in [0.4, 0.5) is 0 Å². The van der Waals surface area contributed by atoms with Crippen LogP contribution in [0.15, 0.2) is 413 Å². The van der Waals surface area contributed by atoms with Gasteiger partial charge in [0.1, 0.15) is 44.7 Å². The summed E-state index contributed by atoms with van der Waals surface area (Å²) in [5.41, 5.74) is 36.6. The van der Waals surface area contributed by atoms with Crippen LogP contribution in [0.3, 0.4) is 0 Å². The quantitative estimate of drug-likeness (QED) is 0.156. The van der Waals surface area contributed by atoms with E-state index in [2.05, 4.69) is 383 Å². The standard InChI is InChI=1S/C126H63N3O7/c1-4-18-64(19-5-1)70-52-71(65-20-6-2-7-21-65)54-72(53-70)75-62-100-82-38-44-88-79-25-11-15-31-104(79)132-122(88)116(82)128-114(100)101(63-75)86-42-48-92-111-77(28-17-33-109(111)136-126(92)120(86)128)69-36-51-107-95(57-69)90-46-40-84-98-60-74(67-34-49-105-93(55-67)80-26-12-13-29-102(80)130-105)61-99-85-41-47-91-110-76(27-16-32-108(110)135-125(91)119(85)129(113(98)99)118(84)124(90)134-107)68-35-50-106-94(56-68)89-45-39-83-97-59-73(66-22-8-3-9-23-66)58-96-81-37-43-87-78-24-10-14-30-103(78)131-121(87)115(81)127(112(96)97)117(83)123(89)133-106/h1-63H. The monoisotopic (exact) mass is 1730 g/mol. The van der Waals surface area contributed by atoms with Gasteiger partial charge in [0.05, 0.1) is 49.7 Å². The Balaban J connectivity index is 0.569. The van der Waals surface area contributed by atoms with E-state index in [-0.39, 0.29) is 0 Å². The molecule has 0 aliphatic rings. The van der Waals surface area contributed by atoms with Crippen LogP contribution < -0.4 is 0 Å². The molecule has 0 aliphatic heterocycles. The highest BCUT2D eigenvalue weighted by atomic mass is 16.4. The van der Waals surface area contributed by atoms with Gasteiger partial charge in [0.15, 0.2) is 33.5 Å². The molecule has 0 aliphatic carbocycles. The fourth-order valence-corrected chi connectivity index (χ4v) is 24.7. The molecule has 0 fully saturated rings. The Kier molecular flexibility index (Phi) is 13.0. The number of nitrogens with zero attached hydrogens (tertiary/aromatic N) is 3. The minimum Gasteiger partial charge on any atom is -0.456 e. The Morgan fingerprint density at radius 1 is 0.118 bits per heavy atom. The molecule has 0 spiro atoms. The van der Waals surface area contributed by atoms with Crippen molar-refractivity contribution in [3.8, 4) is 77.9 Å². The summed E-state index contributed by atoms with van der Waals surface area (Å²) in [6.45, 7) is 0. The lowest BCUT2D eigenvalue weighted by Gasteiger charge is -2.12. The number of hydrogen-bond acceptors (Lipinski definition) is 7. The van der Waals surface area contributed by atoms with E-state index in [9.17, 15) is 0 Å². The molecule has 0 atom stereocenters. The van der Waals surface area contributed by atoms with Gasteiger partial charge in [-0.15, -0.1) is 0 Å². The molecular weight excluding hydrogens is 1670 g/mol. The Morgan fingerprint density at radius 3 is 0.735 bits per heavy atom. The van der Waals surface area contributed by atoms with Crippen molar-refractivity contribution < 1.29 is 30.9 Å². The normalized spacial score (nSPS) is 12.9. The van der Waals surface area contributed by atoms with E-state index in [0.29, 0.717) is 0 Å². The van der Waals surface area contributed by atoms with Crippen LogP contribution in [0.5, 0.6) is 0 Å². The second-order valence-corrected chi connectivity index (χ2v) is 37.4. The third-order valence-corrected chi connectivity index (χ3v) is 30.5. The molecule has 0 saturated heterocycles. The number of benzene rings is 21. The molecule has 0 amide bonds. The first kappa shape index (κ1) is 70.5. The molecule has 0 N–H and O–H groups in total. The molecule has 0 radical (unpaired) electrons. The van der Waals surface area contributed by atoms with Crippen LogP contribution in [-0.2, 0) is 0 Å². The van der Waals surface area contributed by atoms with Gasteiger partial charge in [0, 0.05) is 140 Å². The summed E-state index contributed by atoms with van der Waals surface area (Å²) in [5, 5.41) is 28.1. The van der Waals surface area contributed by atoms with Crippen molar-refractivity contribution in [2.75, 3.05) is 0 Å². The highest BCUT2D eigenvalue weighted by molar-refractivity contribution is 6.37. The smallest absolute Gasteiger partial charge is 0.160 e. The first-order valence-electron chi connectivity index (χ1n) is 46.4. The van der Waals surface area contributed by atoms with Gasteiger partial charge in [-0.05, 0) is 236 Å². The summed E-state index contributed by atoms with van der Waals surface area (Å²) in [7, 11) is 0. The molecule has 0 unspecified atom stereocenters. The predicted molar refractivity (Wildman–Crippen MR) is 559 cm³/mol. The van der Waals surface area contributed by atoms with Crippen molar-refractivity contribution in [1.82, 2.24) is 13.2 Å². The van der Waals surface area contributed by atoms with E-state index in [0.717, 1.165) is 335 Å². The number of para-hydroxylation sites is 3. The van der Waals surface area contributed by atoms with Gasteiger partial charge in [-0.25, -0.2) is 0 Å². The lowest BCUT2D eigenvalue weighted by Crippen LogP contribution is -1.86. The van der Waals surface area contributed by atoms with Crippen LogP contribution in [0.2, 0.25) is 0 Å². The van der Waals surface area contributed by atoms with Crippen LogP contribution in [-0.4, -0.2) is 13.2 Å². The van der Waals surface area contributed by atoms with Gasteiger partial charge in [-0.1, -0.05) is 224 Å². The molecule has 624 valence electrons. The van der Waals surface area contributed by atoms with E-state index in [1.807, 2.05) is 12.1 Å². The molecular formula is C126H63N3O7. The average Bonchev–Trinajstić information content (AvgIpc) is 1.52. The molecule has 34 aromatic rings. The highest BCUT2D eigenvalue weighted by Gasteiger charge is 2.33. The average molecular weight is 1730 g/mol. The molecule has 10 nitrogen and oxygen atoms in total. The second kappa shape index (κ2) is 25.0. The zero-order valence-corrected chi connectivity index (χ0v) is 72.1. The van der Waals surface area contributed by atoms with Crippen molar-refractivity contribution in [2.45, 2.75) is 0 Å². The Hall–Kier alpha value is -18.4. The fourth-order valence-electron chi connectivity index (χ4n) is 24.7. The van der Waals surface area contributed by atoms with Crippen molar-refractivity contribution in [1.29, 1.82) is 0 Å². The van der Waals surface area contributed by atoms with E-state index in [4.69, 9.17) is 30.9 Å². The maximum atomic E-state index is 7.54. The molecule has 13 aromatic heterocycles. The van der Waals surface area contributed by atoms with Crippen LogP contribution >= 0.6 is 0 Å². The van der Waals surface area contributed by atoms with Crippen molar-refractivity contribution in [2.24, 2.45) is 0 Å². The van der Waals surface area contributed by atoms with E-state index in [1.54, 1.807) is 0 Å². The van der Waals surface area contributed by atoms with Crippen molar-refractivity contribution in [3.63, 3.8) is 0 Å². The molecule has 13 heterocycles. The number of hydrogen-bond donors (Lipinski definition) is 0. The van der Waals surface area contributed by atoms with Crippen LogP contribution in [0, 0.1) is 0 Å². The molecule has 10 heteroatoms. The molecule has 136 heavy (non-hydrogen) atoms. The Labute approximate surface area is 766 Å². The van der Waals surface area contributed by atoms with Gasteiger partial charge in [-0.3, -0.25) is 0 Å². The third-order valence-electron chi connectivity index (χ3n) is 30.5. The Bertz CT molecular complexity index is 11400. The van der Waals surface area contributed by atoms with Crippen molar-refractivity contribution >= 4 is 268 Å². The lowest BCUT2D eigenvalue weighted by atomic mass is 9.92. The van der Waals surface area contributed by atoms with E-state index in [1.165, 1.54) is 10.8 Å². The maximum Gasteiger partial charge on any atom is 0.160 e. The minimum absolute atomic E-state index is 0.784. The predicted octanol–water partition coefficient (Wildman–Crippen LogP) is 36.1. The summed E-state index contributed by atoms with van der Waals surface area (Å²) in [5.74, 6) is 0. The summed E-state index contributed by atoms with van der Waals surface area (Å²) in [4.78, 5) is 0. The van der Waals surface area contributed by atoms with Gasteiger partial charge in [0.2, 0.25) is 0 Å². The minimum atomic E-state index is 0.784. The first-order valence-corrected chi connectivity index (χ1v) is 46.4. The van der Waals surface area contributed by atoms with Crippen LogP contribution in [0.25, 0.3) is 346 Å². The second-order valence-electron chi connectivity index (χ2n) is 37.4. The zero-order chi connectivity index (χ0) is 87.6. The molecule has 21 aromatic carbocycles. The third kappa shape index (κ3) is 8.97. The van der Waals surface area contributed by atoms with Crippen LogP contribution in [0.1, 0.15) is 0 Å². The largest absolute Gasteiger partial charge is 0.456 e. The summed E-state index contributed by atoms with van der Waals surface area (Å²) >= 11 is 0. The van der Waals surface area contributed by atoms with Gasteiger partial charge < -0.3 is 44.1 Å². The summed E-state index contributed by atoms with van der Waals surface area (Å²) in [6, 6.07) is 139. The molecule has 34 rings (SSSR count). The van der Waals surface area contributed by atoms with Gasteiger partial charge in [0.25, 0.3) is 0 Å². The molecule has 0 bridgehead atoms. The lowest BCUT2D eigenvalue weighted by molar-refractivity contribution is 0.668. The number of fused-ring (bicyclic) bond motifs is 45. The number of aromatic nitrogens is 3. The SMILES string of the molecule is c1ccc(-c2cc(-c3ccccc3)cc(-c3cc4c5ccc6c7ccccc7oc6c5n5c4c(c3)c3ccc4c(oc6cccc(-c7ccc8oc9c(ccc%10c%11cc(-c%12ccc%13oc%14ccccc%14c%13c%12)cc%12c%13ccc%14c(oc%15cccc(-c%16ccc%17oc%18c(ccc%19c%20cc(-c%21ccccc%21)cc%21c%22ccc%23c%24ccccc%24oc%23c%22n(c%21%20)c%19%18)c%17c%16)c%15%14)c%13n(c%11%12)c%109)c8c7)c64)c35)c2)cc1. The highest BCUT2D eigenvalue weighted by Crippen LogP contribution is 2.56. The number of furan rings is 7. The van der Waals surface area contributed by atoms with E-state index < -0.39 is 0 Å². The van der Waals surface area contributed by atoms with Gasteiger partial charge >= 0.3 is 0 Å². The topological polar surface area (TPSA) is 105 Å². The zero-order valence-electron chi connectivity index (χ0n) is 72.1. The van der Waals surface area contributed by atoms with Crippen molar-refractivity contribution in [3.05, 3.63) is 382 Å².